The molecular formula is C18H21FN2O3S. The molecule has 0 saturated heterocycles. The molecule has 0 aliphatic rings. The molecule has 2 aromatic carbocycles. The number of anilines is 2. The van der Waals surface area contributed by atoms with Crippen molar-refractivity contribution in [3.8, 4) is 0 Å². The number of rotatable bonds is 7. The quantitative estimate of drug-likeness (QED) is 0.790. The minimum absolute atomic E-state index is 0.0129. The standard InChI is InChI=1S/C18H21FN2O3S/c1-3-25(23,24)21-17-10-9-15(12-13(17)2)20-18(22)11-8-14-6-4-5-7-16(14)19/h4-7,9-10,12,21H,3,8,11H2,1-2H3,(H,20,22). The third-order valence-electron chi connectivity index (χ3n) is 3.73. The number of halogens is 1. The van der Waals surface area contributed by atoms with Crippen LogP contribution in [0.1, 0.15) is 24.5 Å². The van der Waals surface area contributed by atoms with E-state index in [0.717, 1.165) is 0 Å². The average Bonchev–Trinajstić information content (AvgIpc) is 2.56. The Morgan fingerprint density at radius 1 is 1.16 bits per heavy atom. The summed E-state index contributed by atoms with van der Waals surface area (Å²) in [4.78, 5) is 12.0. The maximum atomic E-state index is 13.5. The van der Waals surface area contributed by atoms with Crippen LogP contribution in [0.2, 0.25) is 0 Å². The van der Waals surface area contributed by atoms with E-state index in [1.165, 1.54) is 6.07 Å². The lowest BCUT2D eigenvalue weighted by Crippen LogP contribution is -2.16. The van der Waals surface area contributed by atoms with Crippen LogP contribution in [-0.2, 0) is 21.2 Å². The van der Waals surface area contributed by atoms with Gasteiger partial charge in [0, 0.05) is 12.1 Å². The first-order valence-electron chi connectivity index (χ1n) is 7.95. The Kier molecular flexibility index (Phi) is 6.14. The Bertz CT molecular complexity index is 866. The number of sulfonamides is 1. The van der Waals surface area contributed by atoms with E-state index >= 15 is 0 Å². The van der Waals surface area contributed by atoms with Crippen molar-refractivity contribution in [3.63, 3.8) is 0 Å². The van der Waals surface area contributed by atoms with Crippen molar-refractivity contribution in [1.82, 2.24) is 0 Å². The Labute approximate surface area is 147 Å². The molecule has 134 valence electrons. The van der Waals surface area contributed by atoms with Crippen LogP contribution >= 0.6 is 0 Å². The molecule has 2 N–H and O–H groups in total. The Morgan fingerprint density at radius 3 is 2.52 bits per heavy atom. The predicted molar refractivity (Wildman–Crippen MR) is 97.6 cm³/mol. The molecule has 7 heteroatoms. The fraction of sp³-hybridized carbons (Fsp3) is 0.278. The SMILES string of the molecule is CCS(=O)(=O)Nc1ccc(NC(=O)CCc2ccccc2F)cc1C. The van der Waals surface area contributed by atoms with E-state index in [9.17, 15) is 17.6 Å². The second-order valence-corrected chi connectivity index (χ2v) is 7.69. The molecular weight excluding hydrogens is 343 g/mol. The van der Waals surface area contributed by atoms with Crippen LogP contribution in [0.3, 0.4) is 0 Å². The number of carbonyl (C=O) groups is 1. The molecule has 0 bridgehead atoms. The minimum Gasteiger partial charge on any atom is -0.326 e. The van der Waals surface area contributed by atoms with Crippen molar-refractivity contribution in [2.75, 3.05) is 15.8 Å². The number of hydrogen-bond acceptors (Lipinski definition) is 3. The van der Waals surface area contributed by atoms with E-state index in [2.05, 4.69) is 10.0 Å². The third kappa shape index (κ3) is 5.56. The normalized spacial score (nSPS) is 11.2. The first-order chi connectivity index (χ1) is 11.8. The summed E-state index contributed by atoms with van der Waals surface area (Å²) < 4.78 is 39.3. The van der Waals surface area contributed by atoms with Gasteiger partial charge in [-0.25, -0.2) is 12.8 Å². The summed E-state index contributed by atoms with van der Waals surface area (Å²) >= 11 is 0. The van der Waals surface area contributed by atoms with Gasteiger partial charge in [0.05, 0.1) is 11.4 Å². The molecule has 0 fully saturated rings. The highest BCUT2D eigenvalue weighted by Gasteiger charge is 2.10. The van der Waals surface area contributed by atoms with Gasteiger partial charge in [-0.2, -0.15) is 0 Å². The molecule has 2 aromatic rings. The molecule has 5 nitrogen and oxygen atoms in total. The maximum Gasteiger partial charge on any atom is 0.232 e. The van der Waals surface area contributed by atoms with E-state index in [1.807, 2.05) is 0 Å². The topological polar surface area (TPSA) is 75.3 Å². The first-order valence-corrected chi connectivity index (χ1v) is 9.60. The second kappa shape index (κ2) is 8.11. The van der Waals surface area contributed by atoms with Crippen LogP contribution in [0, 0.1) is 12.7 Å². The van der Waals surface area contributed by atoms with Crippen molar-refractivity contribution in [1.29, 1.82) is 0 Å². The molecule has 0 spiro atoms. The lowest BCUT2D eigenvalue weighted by atomic mass is 10.1. The van der Waals surface area contributed by atoms with Gasteiger partial charge < -0.3 is 5.32 Å². The van der Waals surface area contributed by atoms with Crippen LogP contribution in [-0.4, -0.2) is 20.1 Å². The summed E-state index contributed by atoms with van der Waals surface area (Å²) in [7, 11) is -3.35. The molecule has 0 unspecified atom stereocenters. The summed E-state index contributed by atoms with van der Waals surface area (Å²) in [5.74, 6) is -0.565. The molecule has 0 aromatic heterocycles. The van der Waals surface area contributed by atoms with E-state index < -0.39 is 10.0 Å². The average molecular weight is 364 g/mol. The van der Waals surface area contributed by atoms with Gasteiger partial charge in [0.1, 0.15) is 5.82 Å². The highest BCUT2D eigenvalue weighted by Crippen LogP contribution is 2.21. The van der Waals surface area contributed by atoms with Gasteiger partial charge in [-0.3, -0.25) is 9.52 Å². The molecule has 25 heavy (non-hydrogen) atoms. The van der Waals surface area contributed by atoms with Crippen LogP contribution < -0.4 is 10.0 Å². The highest BCUT2D eigenvalue weighted by molar-refractivity contribution is 7.92. The van der Waals surface area contributed by atoms with Crippen molar-refractivity contribution >= 4 is 27.3 Å². The zero-order chi connectivity index (χ0) is 18.4. The molecule has 0 radical (unpaired) electrons. The van der Waals surface area contributed by atoms with E-state index in [1.54, 1.807) is 50.2 Å². The van der Waals surface area contributed by atoms with Crippen LogP contribution in [0.5, 0.6) is 0 Å². The lowest BCUT2D eigenvalue weighted by Gasteiger charge is -2.12. The largest absolute Gasteiger partial charge is 0.326 e. The summed E-state index contributed by atoms with van der Waals surface area (Å²) in [5.41, 5.74) is 2.24. The van der Waals surface area contributed by atoms with Gasteiger partial charge >= 0.3 is 0 Å². The number of amides is 1. The van der Waals surface area contributed by atoms with Crippen LogP contribution in [0.15, 0.2) is 42.5 Å². The van der Waals surface area contributed by atoms with Crippen LogP contribution in [0.4, 0.5) is 15.8 Å². The number of benzene rings is 2. The fourth-order valence-corrected chi connectivity index (χ4v) is 2.98. The monoisotopic (exact) mass is 364 g/mol. The Balaban J connectivity index is 1.97. The van der Waals surface area contributed by atoms with E-state index in [4.69, 9.17) is 0 Å². The van der Waals surface area contributed by atoms with Crippen molar-refractivity contribution in [2.45, 2.75) is 26.7 Å². The van der Waals surface area contributed by atoms with Crippen LogP contribution in [0.25, 0.3) is 0 Å². The minimum atomic E-state index is -3.35. The predicted octanol–water partition coefficient (Wildman–Crippen LogP) is 3.47. The Morgan fingerprint density at radius 2 is 1.88 bits per heavy atom. The summed E-state index contributed by atoms with van der Waals surface area (Å²) in [6.45, 7) is 3.31. The van der Waals surface area contributed by atoms with Gasteiger partial charge in [-0.05, 0) is 55.7 Å². The van der Waals surface area contributed by atoms with Gasteiger partial charge in [-0.15, -0.1) is 0 Å². The number of nitrogens with one attached hydrogen (secondary N) is 2. The molecule has 0 aliphatic heterocycles. The fourth-order valence-electron chi connectivity index (χ4n) is 2.27. The van der Waals surface area contributed by atoms with Crippen molar-refractivity contribution in [3.05, 3.63) is 59.4 Å². The maximum absolute atomic E-state index is 13.5. The molecule has 2 rings (SSSR count). The smallest absolute Gasteiger partial charge is 0.232 e. The van der Waals surface area contributed by atoms with Gasteiger partial charge in [0.25, 0.3) is 0 Å². The molecule has 0 aliphatic carbocycles. The zero-order valence-electron chi connectivity index (χ0n) is 14.2. The number of hydrogen-bond donors (Lipinski definition) is 2. The molecule has 0 saturated carbocycles. The molecule has 1 amide bonds. The molecule has 0 atom stereocenters. The first kappa shape index (κ1) is 18.9. The summed E-state index contributed by atoms with van der Waals surface area (Å²) in [5, 5.41) is 2.74. The third-order valence-corrected chi connectivity index (χ3v) is 5.03. The van der Waals surface area contributed by atoms with Crippen molar-refractivity contribution < 1.29 is 17.6 Å². The zero-order valence-corrected chi connectivity index (χ0v) is 15.0. The van der Waals surface area contributed by atoms with Gasteiger partial charge in [0.2, 0.25) is 15.9 Å². The van der Waals surface area contributed by atoms with E-state index in [0.29, 0.717) is 28.9 Å². The molecule has 0 heterocycles. The highest BCUT2D eigenvalue weighted by atomic mass is 32.2. The summed E-state index contributed by atoms with van der Waals surface area (Å²) in [6.07, 6.45) is 0.468. The summed E-state index contributed by atoms with van der Waals surface area (Å²) in [6, 6.07) is 11.3. The second-order valence-electron chi connectivity index (χ2n) is 5.67. The number of carbonyl (C=O) groups excluding carboxylic acids is 1. The van der Waals surface area contributed by atoms with Gasteiger partial charge in [-0.1, -0.05) is 18.2 Å². The van der Waals surface area contributed by atoms with E-state index in [-0.39, 0.29) is 23.9 Å². The van der Waals surface area contributed by atoms with Gasteiger partial charge in [0.15, 0.2) is 0 Å². The lowest BCUT2D eigenvalue weighted by molar-refractivity contribution is -0.116. The van der Waals surface area contributed by atoms with Crippen molar-refractivity contribution in [2.24, 2.45) is 0 Å². The number of aryl methyl sites for hydroxylation is 2. The Hall–Kier alpha value is -2.41.